The Morgan fingerprint density at radius 3 is 2.64 bits per heavy atom. The molecule has 3 heterocycles. The third-order valence-corrected chi connectivity index (χ3v) is 8.64. The van der Waals surface area contributed by atoms with Crippen molar-refractivity contribution >= 4 is 22.6 Å². The molecule has 9 heteroatoms. The standard InChI is InChI=1S/C36H33F2N3O4/c37-31-9-8-28(45-22-27-6-5-24(17-32(27)38)4-3-23-1-2-23)19-30(31)25-11-14-40(15-12-25)21-35-39-33-10-7-26(36(42)43)18-34(33)41(35)20-29-13-16-44-29/h5-11,17-19,23,29H,1-2,12-16,20-22H2,(H,42,43)/t29-/m0/s1. The van der Waals surface area contributed by atoms with E-state index in [-0.39, 0.29) is 29.9 Å². The summed E-state index contributed by atoms with van der Waals surface area (Å²) in [6, 6.07) is 14.6. The van der Waals surface area contributed by atoms with Crippen LogP contribution < -0.4 is 4.74 Å². The highest BCUT2D eigenvalue weighted by molar-refractivity contribution is 5.92. The van der Waals surface area contributed by atoms with Crippen LogP contribution in [0.3, 0.4) is 0 Å². The first-order valence-corrected chi connectivity index (χ1v) is 15.4. The van der Waals surface area contributed by atoms with Gasteiger partial charge in [-0.25, -0.2) is 18.6 Å². The Morgan fingerprint density at radius 2 is 1.93 bits per heavy atom. The molecule has 7 nitrogen and oxygen atoms in total. The van der Waals surface area contributed by atoms with Crippen LogP contribution in [0, 0.1) is 29.4 Å². The van der Waals surface area contributed by atoms with E-state index in [0.29, 0.717) is 61.0 Å². The second-order valence-electron chi connectivity index (χ2n) is 11.9. The van der Waals surface area contributed by atoms with Crippen molar-refractivity contribution in [1.82, 2.24) is 14.5 Å². The lowest BCUT2D eigenvalue weighted by atomic mass is 9.98. The SMILES string of the molecule is O=C(O)c1ccc2nc(CN3CC=C(c4cc(OCc5ccc(C#CC6CC6)cc5F)ccc4F)CC3)n(C[C@@H]3CCO3)c2c1. The fourth-order valence-corrected chi connectivity index (χ4v) is 5.72. The quantitative estimate of drug-likeness (QED) is 0.221. The Kier molecular flexibility index (Phi) is 8.09. The van der Waals surface area contributed by atoms with Gasteiger partial charge in [-0.15, -0.1) is 0 Å². The molecular weight excluding hydrogens is 576 g/mol. The fourth-order valence-electron chi connectivity index (χ4n) is 5.72. The van der Waals surface area contributed by atoms with Crippen molar-refractivity contribution in [3.63, 3.8) is 0 Å². The largest absolute Gasteiger partial charge is 0.489 e. The second kappa shape index (κ2) is 12.5. The van der Waals surface area contributed by atoms with Gasteiger partial charge in [0.1, 0.15) is 29.8 Å². The summed E-state index contributed by atoms with van der Waals surface area (Å²) in [7, 11) is 0. The second-order valence-corrected chi connectivity index (χ2v) is 11.9. The number of hydrogen-bond acceptors (Lipinski definition) is 5. The van der Waals surface area contributed by atoms with E-state index in [1.165, 1.54) is 12.1 Å². The number of carboxylic acids is 1. The topological polar surface area (TPSA) is 76.8 Å². The molecule has 2 aliphatic heterocycles. The summed E-state index contributed by atoms with van der Waals surface area (Å²) in [6.07, 6.45) is 5.94. The molecule has 1 aliphatic carbocycles. The summed E-state index contributed by atoms with van der Waals surface area (Å²) in [5, 5.41) is 9.51. The monoisotopic (exact) mass is 609 g/mol. The van der Waals surface area contributed by atoms with Gasteiger partial charge in [-0.05, 0) is 79.8 Å². The number of rotatable bonds is 9. The van der Waals surface area contributed by atoms with Crippen LogP contribution in [0.1, 0.15) is 58.6 Å². The minimum atomic E-state index is -0.975. The van der Waals surface area contributed by atoms with Crippen molar-refractivity contribution in [2.24, 2.45) is 5.92 Å². The van der Waals surface area contributed by atoms with Crippen molar-refractivity contribution in [3.05, 3.63) is 100 Å². The molecule has 0 radical (unpaired) electrons. The van der Waals surface area contributed by atoms with Crippen LogP contribution in [-0.4, -0.2) is 51.3 Å². The number of benzene rings is 3. The molecular formula is C36H33F2N3O4. The summed E-state index contributed by atoms with van der Waals surface area (Å²) >= 11 is 0. The average Bonchev–Trinajstić information content (AvgIpc) is 3.79. The van der Waals surface area contributed by atoms with E-state index >= 15 is 0 Å². The van der Waals surface area contributed by atoms with Crippen LogP contribution in [0.15, 0.2) is 60.7 Å². The lowest BCUT2D eigenvalue weighted by Gasteiger charge is -2.29. The molecule has 0 spiro atoms. The molecule has 4 aromatic rings. The Bertz CT molecular complexity index is 1860. The molecule has 1 N–H and O–H groups in total. The van der Waals surface area contributed by atoms with Crippen LogP contribution in [0.25, 0.3) is 16.6 Å². The van der Waals surface area contributed by atoms with Gasteiger partial charge < -0.3 is 19.1 Å². The number of carbonyl (C=O) groups is 1. The summed E-state index contributed by atoms with van der Waals surface area (Å²) < 4.78 is 43.3. The van der Waals surface area contributed by atoms with Crippen molar-refractivity contribution in [2.45, 2.75) is 51.5 Å². The van der Waals surface area contributed by atoms with Crippen LogP contribution in [0.5, 0.6) is 5.75 Å². The van der Waals surface area contributed by atoms with E-state index in [2.05, 4.69) is 21.3 Å². The maximum absolute atomic E-state index is 15.0. The molecule has 2 fully saturated rings. The Hall–Kier alpha value is -4.52. The molecule has 230 valence electrons. The predicted octanol–water partition coefficient (Wildman–Crippen LogP) is 6.43. The third kappa shape index (κ3) is 6.63. The molecule has 7 rings (SSSR count). The first kappa shape index (κ1) is 29.2. The zero-order valence-electron chi connectivity index (χ0n) is 24.8. The molecule has 3 aliphatic rings. The summed E-state index contributed by atoms with van der Waals surface area (Å²) in [5.74, 6) is 6.26. The molecule has 45 heavy (non-hydrogen) atoms. The normalized spacial score (nSPS) is 18.2. The van der Waals surface area contributed by atoms with E-state index in [1.807, 2.05) is 6.08 Å². The van der Waals surface area contributed by atoms with Crippen LogP contribution in [0.4, 0.5) is 8.78 Å². The van der Waals surface area contributed by atoms with Crippen LogP contribution in [-0.2, 0) is 24.4 Å². The van der Waals surface area contributed by atoms with E-state index in [1.54, 1.807) is 42.5 Å². The van der Waals surface area contributed by atoms with Gasteiger partial charge in [0.25, 0.3) is 0 Å². The fraction of sp³-hybridized carbons (Fsp3) is 0.333. The van der Waals surface area contributed by atoms with Gasteiger partial charge in [-0.1, -0.05) is 24.0 Å². The lowest BCUT2D eigenvalue weighted by Crippen LogP contribution is -2.33. The summed E-state index contributed by atoms with van der Waals surface area (Å²) in [6.45, 7) is 3.24. The summed E-state index contributed by atoms with van der Waals surface area (Å²) in [5.41, 5.74) is 4.20. The van der Waals surface area contributed by atoms with Crippen LogP contribution >= 0.6 is 0 Å². The van der Waals surface area contributed by atoms with Gasteiger partial charge in [0.2, 0.25) is 0 Å². The number of aromatic nitrogens is 2. The first-order chi connectivity index (χ1) is 21.9. The number of aromatic carboxylic acids is 1. The number of carboxylic acid groups (broad SMARTS) is 1. The minimum Gasteiger partial charge on any atom is -0.489 e. The van der Waals surface area contributed by atoms with Gasteiger partial charge in [0, 0.05) is 42.3 Å². The molecule has 3 aromatic carbocycles. The molecule has 1 atom stereocenters. The van der Waals surface area contributed by atoms with Gasteiger partial charge >= 0.3 is 5.97 Å². The van der Waals surface area contributed by atoms with Gasteiger partial charge in [0.15, 0.2) is 0 Å². The maximum atomic E-state index is 15.0. The Balaban J connectivity index is 1.03. The van der Waals surface area contributed by atoms with Crippen LogP contribution in [0.2, 0.25) is 0 Å². The number of fused-ring (bicyclic) bond motifs is 1. The predicted molar refractivity (Wildman–Crippen MR) is 166 cm³/mol. The molecule has 1 saturated carbocycles. The number of halogens is 2. The Labute approximate surface area is 260 Å². The first-order valence-electron chi connectivity index (χ1n) is 15.4. The van der Waals surface area contributed by atoms with E-state index in [9.17, 15) is 18.7 Å². The zero-order valence-corrected chi connectivity index (χ0v) is 24.8. The van der Waals surface area contributed by atoms with Crippen molar-refractivity contribution in [3.8, 4) is 17.6 Å². The smallest absolute Gasteiger partial charge is 0.335 e. The molecule has 0 bridgehead atoms. The van der Waals surface area contributed by atoms with E-state index in [4.69, 9.17) is 14.5 Å². The van der Waals surface area contributed by atoms with Gasteiger partial charge in [-0.3, -0.25) is 4.90 Å². The number of nitrogens with zero attached hydrogens (tertiary/aromatic N) is 3. The van der Waals surface area contributed by atoms with Gasteiger partial charge in [0.05, 0.1) is 35.8 Å². The lowest BCUT2D eigenvalue weighted by molar-refractivity contribution is -0.0591. The van der Waals surface area contributed by atoms with Gasteiger partial charge in [-0.2, -0.15) is 0 Å². The van der Waals surface area contributed by atoms with Crippen molar-refractivity contribution < 1.29 is 28.2 Å². The average molecular weight is 610 g/mol. The van der Waals surface area contributed by atoms with E-state index < -0.39 is 5.97 Å². The van der Waals surface area contributed by atoms with Crippen molar-refractivity contribution in [1.29, 1.82) is 0 Å². The number of hydrogen-bond donors (Lipinski definition) is 1. The summed E-state index contributed by atoms with van der Waals surface area (Å²) in [4.78, 5) is 18.7. The molecule has 0 amide bonds. The minimum absolute atomic E-state index is 0.0287. The molecule has 0 unspecified atom stereocenters. The number of imidazole rings is 1. The third-order valence-electron chi connectivity index (χ3n) is 8.64. The Morgan fingerprint density at radius 1 is 1.07 bits per heavy atom. The van der Waals surface area contributed by atoms with Crippen molar-refractivity contribution in [2.75, 3.05) is 19.7 Å². The highest BCUT2D eigenvalue weighted by Gasteiger charge is 2.24. The van der Waals surface area contributed by atoms with E-state index in [0.717, 1.165) is 48.3 Å². The maximum Gasteiger partial charge on any atom is 0.335 e. The zero-order chi connectivity index (χ0) is 30.9. The number of ether oxygens (including phenoxy) is 2. The molecule has 1 saturated heterocycles. The molecule has 1 aromatic heterocycles. The highest BCUT2D eigenvalue weighted by Crippen LogP contribution is 2.30. The highest BCUT2D eigenvalue weighted by atomic mass is 19.1.